The number of methoxy groups -OCH3 is 2. The SMILES string of the molecule is CC[C@@H](Oc1ccccc1Cl)C(=O)NCCCc1ccc(OC)c(OC)c1. The molecule has 0 unspecified atom stereocenters. The molecule has 0 heterocycles. The molecule has 2 rings (SSSR count). The van der Waals surface area contributed by atoms with Gasteiger partial charge in [-0.05, 0) is 49.1 Å². The molecule has 5 nitrogen and oxygen atoms in total. The number of halogens is 1. The number of hydrogen-bond donors (Lipinski definition) is 1. The quantitative estimate of drug-likeness (QED) is 0.615. The molecule has 2 aromatic carbocycles. The Hall–Kier alpha value is -2.40. The van der Waals surface area contributed by atoms with Crippen LogP contribution in [0.4, 0.5) is 0 Å². The molecular weight excluding hydrogens is 366 g/mol. The Balaban J connectivity index is 1.81. The van der Waals surface area contributed by atoms with Crippen molar-refractivity contribution in [1.29, 1.82) is 0 Å². The van der Waals surface area contributed by atoms with E-state index in [0.29, 0.717) is 35.2 Å². The van der Waals surface area contributed by atoms with Gasteiger partial charge in [0.2, 0.25) is 0 Å². The second-order valence-corrected chi connectivity index (χ2v) is 6.44. The average molecular weight is 392 g/mol. The fourth-order valence-corrected chi connectivity index (χ4v) is 2.85. The molecule has 0 aliphatic carbocycles. The molecule has 2 aromatic rings. The van der Waals surface area contributed by atoms with Crippen molar-refractivity contribution in [2.75, 3.05) is 20.8 Å². The summed E-state index contributed by atoms with van der Waals surface area (Å²) in [5, 5.41) is 3.43. The van der Waals surface area contributed by atoms with Crippen LogP contribution in [-0.4, -0.2) is 32.8 Å². The van der Waals surface area contributed by atoms with Crippen LogP contribution in [0.25, 0.3) is 0 Å². The molecule has 0 fully saturated rings. The standard InChI is InChI=1S/C21H26ClNO4/c1-4-17(27-18-10-6-5-9-16(18)22)21(24)23-13-7-8-15-11-12-19(25-2)20(14-15)26-3/h5-6,9-12,14,17H,4,7-8,13H2,1-3H3,(H,23,24)/t17-/m1/s1. The van der Waals surface area contributed by atoms with Crippen LogP contribution in [0.15, 0.2) is 42.5 Å². The van der Waals surface area contributed by atoms with Crippen LogP contribution in [0.2, 0.25) is 5.02 Å². The molecule has 0 spiro atoms. The molecule has 0 saturated heterocycles. The minimum atomic E-state index is -0.564. The highest BCUT2D eigenvalue weighted by molar-refractivity contribution is 6.32. The van der Waals surface area contributed by atoms with E-state index in [1.807, 2.05) is 37.3 Å². The van der Waals surface area contributed by atoms with Gasteiger partial charge in [0.05, 0.1) is 19.2 Å². The lowest BCUT2D eigenvalue weighted by Gasteiger charge is -2.18. The third-order valence-corrected chi connectivity index (χ3v) is 4.47. The maximum absolute atomic E-state index is 12.4. The number of nitrogens with one attached hydrogen (secondary N) is 1. The summed E-state index contributed by atoms with van der Waals surface area (Å²) in [5.41, 5.74) is 1.13. The third-order valence-electron chi connectivity index (χ3n) is 4.16. The summed E-state index contributed by atoms with van der Waals surface area (Å²) < 4.78 is 16.3. The van der Waals surface area contributed by atoms with Crippen molar-refractivity contribution in [3.8, 4) is 17.2 Å². The van der Waals surface area contributed by atoms with Crippen LogP contribution >= 0.6 is 11.6 Å². The van der Waals surface area contributed by atoms with E-state index in [1.165, 1.54) is 0 Å². The highest BCUT2D eigenvalue weighted by Crippen LogP contribution is 2.28. The van der Waals surface area contributed by atoms with Crippen LogP contribution in [0.1, 0.15) is 25.3 Å². The van der Waals surface area contributed by atoms with Gasteiger partial charge in [-0.15, -0.1) is 0 Å². The fourth-order valence-electron chi connectivity index (χ4n) is 2.67. The maximum Gasteiger partial charge on any atom is 0.261 e. The zero-order valence-electron chi connectivity index (χ0n) is 16.0. The van der Waals surface area contributed by atoms with Crippen LogP contribution in [0.3, 0.4) is 0 Å². The molecule has 0 radical (unpaired) electrons. The van der Waals surface area contributed by atoms with Crippen molar-refractivity contribution in [3.05, 3.63) is 53.1 Å². The molecule has 1 amide bonds. The number of ether oxygens (including phenoxy) is 3. The highest BCUT2D eigenvalue weighted by atomic mass is 35.5. The van der Waals surface area contributed by atoms with E-state index in [0.717, 1.165) is 18.4 Å². The van der Waals surface area contributed by atoms with Gasteiger partial charge in [-0.1, -0.05) is 36.7 Å². The molecule has 0 aliphatic rings. The summed E-state index contributed by atoms with van der Waals surface area (Å²) in [4.78, 5) is 12.4. The fraction of sp³-hybridized carbons (Fsp3) is 0.381. The summed E-state index contributed by atoms with van der Waals surface area (Å²) in [7, 11) is 3.23. The number of hydrogen-bond acceptors (Lipinski definition) is 4. The minimum Gasteiger partial charge on any atom is -0.493 e. The first-order valence-corrected chi connectivity index (χ1v) is 9.36. The first kappa shape index (κ1) is 20.9. The van der Waals surface area contributed by atoms with Gasteiger partial charge in [-0.2, -0.15) is 0 Å². The molecule has 0 aliphatic heterocycles. The first-order chi connectivity index (χ1) is 13.1. The van der Waals surface area contributed by atoms with E-state index in [9.17, 15) is 4.79 Å². The van der Waals surface area contributed by atoms with Gasteiger partial charge < -0.3 is 19.5 Å². The zero-order valence-corrected chi connectivity index (χ0v) is 16.7. The van der Waals surface area contributed by atoms with Gasteiger partial charge in [0.15, 0.2) is 17.6 Å². The van der Waals surface area contributed by atoms with Gasteiger partial charge in [-0.3, -0.25) is 4.79 Å². The van der Waals surface area contributed by atoms with Crippen molar-refractivity contribution >= 4 is 17.5 Å². The molecule has 0 aromatic heterocycles. The van der Waals surface area contributed by atoms with Gasteiger partial charge >= 0.3 is 0 Å². The van der Waals surface area contributed by atoms with Crippen molar-refractivity contribution in [3.63, 3.8) is 0 Å². The van der Waals surface area contributed by atoms with Gasteiger partial charge in [0.25, 0.3) is 5.91 Å². The number of amides is 1. The molecular formula is C21H26ClNO4. The summed E-state index contributed by atoms with van der Waals surface area (Å²) in [6.07, 6.45) is 1.63. The Labute approximate surface area is 165 Å². The van der Waals surface area contributed by atoms with Crippen LogP contribution in [-0.2, 0) is 11.2 Å². The van der Waals surface area contributed by atoms with Crippen LogP contribution in [0, 0.1) is 0 Å². The Morgan fingerprint density at radius 3 is 2.48 bits per heavy atom. The predicted molar refractivity (Wildman–Crippen MR) is 107 cm³/mol. The monoisotopic (exact) mass is 391 g/mol. The van der Waals surface area contributed by atoms with E-state index in [4.69, 9.17) is 25.8 Å². The molecule has 1 N–H and O–H groups in total. The Morgan fingerprint density at radius 2 is 1.81 bits per heavy atom. The number of aryl methyl sites for hydroxylation is 1. The summed E-state index contributed by atoms with van der Waals surface area (Å²) in [6, 6.07) is 13.0. The summed E-state index contributed by atoms with van der Waals surface area (Å²) in [6.45, 7) is 2.47. The van der Waals surface area contributed by atoms with Gasteiger partial charge in [0.1, 0.15) is 5.75 Å². The van der Waals surface area contributed by atoms with Crippen molar-refractivity contribution < 1.29 is 19.0 Å². The van der Waals surface area contributed by atoms with Crippen molar-refractivity contribution in [2.24, 2.45) is 0 Å². The Morgan fingerprint density at radius 1 is 1.07 bits per heavy atom. The first-order valence-electron chi connectivity index (χ1n) is 8.98. The van der Waals surface area contributed by atoms with E-state index in [-0.39, 0.29) is 5.91 Å². The smallest absolute Gasteiger partial charge is 0.261 e. The minimum absolute atomic E-state index is 0.135. The van der Waals surface area contributed by atoms with Crippen molar-refractivity contribution in [1.82, 2.24) is 5.32 Å². The number of carbonyl (C=O) groups is 1. The van der Waals surface area contributed by atoms with E-state index >= 15 is 0 Å². The molecule has 0 bridgehead atoms. The van der Waals surface area contributed by atoms with E-state index < -0.39 is 6.10 Å². The molecule has 0 saturated carbocycles. The van der Waals surface area contributed by atoms with Crippen LogP contribution < -0.4 is 19.5 Å². The normalized spacial score (nSPS) is 11.6. The molecule has 27 heavy (non-hydrogen) atoms. The van der Waals surface area contributed by atoms with Crippen molar-refractivity contribution in [2.45, 2.75) is 32.3 Å². The second kappa shape index (κ2) is 10.7. The van der Waals surface area contributed by atoms with Gasteiger partial charge in [-0.25, -0.2) is 0 Å². The summed E-state index contributed by atoms with van der Waals surface area (Å²) in [5.74, 6) is 1.80. The van der Waals surface area contributed by atoms with Crippen LogP contribution in [0.5, 0.6) is 17.2 Å². The predicted octanol–water partition coefficient (Wildman–Crippen LogP) is 4.26. The Bertz CT molecular complexity index is 751. The number of para-hydroxylation sites is 1. The van der Waals surface area contributed by atoms with Gasteiger partial charge in [0, 0.05) is 6.54 Å². The molecule has 146 valence electrons. The molecule has 1 atom stereocenters. The van der Waals surface area contributed by atoms with E-state index in [2.05, 4.69) is 5.32 Å². The average Bonchev–Trinajstić information content (AvgIpc) is 2.70. The molecule has 6 heteroatoms. The second-order valence-electron chi connectivity index (χ2n) is 6.03. The zero-order chi connectivity index (χ0) is 19.6. The highest BCUT2D eigenvalue weighted by Gasteiger charge is 2.18. The Kier molecular flexibility index (Phi) is 8.27. The lowest BCUT2D eigenvalue weighted by atomic mass is 10.1. The number of benzene rings is 2. The number of carbonyl (C=O) groups excluding carboxylic acids is 1. The maximum atomic E-state index is 12.4. The topological polar surface area (TPSA) is 56.8 Å². The number of rotatable bonds is 10. The largest absolute Gasteiger partial charge is 0.493 e. The lowest BCUT2D eigenvalue weighted by molar-refractivity contribution is -0.128. The van der Waals surface area contributed by atoms with E-state index in [1.54, 1.807) is 26.4 Å². The third kappa shape index (κ3) is 6.07. The lowest BCUT2D eigenvalue weighted by Crippen LogP contribution is -2.38. The summed E-state index contributed by atoms with van der Waals surface area (Å²) >= 11 is 6.10.